The maximum Gasteiger partial charge on any atom is 0.00810 e. The molecule has 0 spiro atoms. The van der Waals surface area contributed by atoms with Gasteiger partial charge in [0.25, 0.3) is 0 Å². The fourth-order valence-corrected chi connectivity index (χ4v) is 3.80. The average Bonchev–Trinajstić information content (AvgIpc) is 2.38. The summed E-state index contributed by atoms with van der Waals surface area (Å²) in [6.07, 6.45) is 6.60. The molecule has 1 aliphatic carbocycles. The monoisotopic (exact) mass is 245 g/mol. The van der Waals surface area contributed by atoms with Gasteiger partial charge in [-0.25, -0.2) is 0 Å². The van der Waals surface area contributed by atoms with Crippen molar-refractivity contribution in [3.63, 3.8) is 0 Å². The average molecular weight is 245 g/mol. The lowest BCUT2D eigenvalue weighted by molar-refractivity contribution is 0.298. The molecule has 2 N–H and O–H groups in total. The minimum atomic E-state index is 0.253. The number of benzene rings is 1. The molecule has 1 aromatic rings. The van der Waals surface area contributed by atoms with E-state index in [9.17, 15) is 0 Å². The molecule has 0 radical (unpaired) electrons. The highest BCUT2D eigenvalue weighted by Crippen LogP contribution is 2.42. The molecule has 1 aromatic carbocycles. The van der Waals surface area contributed by atoms with Crippen molar-refractivity contribution in [2.24, 2.45) is 5.73 Å². The van der Waals surface area contributed by atoms with Crippen molar-refractivity contribution in [2.75, 3.05) is 6.54 Å². The molecule has 0 saturated heterocycles. The van der Waals surface area contributed by atoms with Crippen LogP contribution in [0.15, 0.2) is 6.07 Å². The first kappa shape index (κ1) is 13.6. The zero-order valence-corrected chi connectivity index (χ0v) is 12.4. The Labute approximate surface area is 112 Å². The third-order valence-corrected chi connectivity index (χ3v) is 5.10. The standard InChI is InChI=1S/C17H27N/c1-12-10-13(2)15(4)16(14(12)3)17(11-18)8-6-5-7-9-17/h10H,5-9,11,18H2,1-4H3. The predicted octanol–water partition coefficient (Wildman–Crippen LogP) is 4.08. The van der Waals surface area contributed by atoms with Crippen LogP contribution in [0.4, 0.5) is 0 Å². The van der Waals surface area contributed by atoms with Crippen molar-refractivity contribution in [1.29, 1.82) is 0 Å². The molecule has 1 aliphatic rings. The summed E-state index contributed by atoms with van der Waals surface area (Å²) < 4.78 is 0. The Bertz CT molecular complexity index is 413. The van der Waals surface area contributed by atoms with Crippen LogP contribution in [0.3, 0.4) is 0 Å². The smallest absolute Gasteiger partial charge is 0.00810 e. The van der Waals surface area contributed by atoms with E-state index in [1.807, 2.05) is 0 Å². The van der Waals surface area contributed by atoms with Gasteiger partial charge in [-0.3, -0.25) is 0 Å². The Hall–Kier alpha value is -0.820. The van der Waals surface area contributed by atoms with E-state index in [2.05, 4.69) is 33.8 Å². The Balaban J connectivity index is 2.61. The van der Waals surface area contributed by atoms with Crippen LogP contribution in [0.25, 0.3) is 0 Å². The minimum absolute atomic E-state index is 0.253. The molecule has 2 rings (SSSR count). The van der Waals surface area contributed by atoms with Crippen LogP contribution in [0.2, 0.25) is 0 Å². The fraction of sp³-hybridized carbons (Fsp3) is 0.647. The van der Waals surface area contributed by atoms with Crippen molar-refractivity contribution >= 4 is 0 Å². The quantitative estimate of drug-likeness (QED) is 0.834. The molecule has 0 unspecified atom stereocenters. The van der Waals surface area contributed by atoms with Gasteiger partial charge in [0.05, 0.1) is 0 Å². The molecule has 0 heterocycles. The van der Waals surface area contributed by atoms with Gasteiger partial charge in [-0.2, -0.15) is 0 Å². The molecule has 0 aliphatic heterocycles. The fourth-order valence-electron chi connectivity index (χ4n) is 3.80. The number of aryl methyl sites for hydroxylation is 2. The molecule has 100 valence electrons. The second-order valence-corrected chi connectivity index (χ2v) is 6.18. The highest BCUT2D eigenvalue weighted by molar-refractivity contribution is 5.48. The van der Waals surface area contributed by atoms with Crippen molar-refractivity contribution in [2.45, 2.75) is 65.2 Å². The first-order valence-electron chi connectivity index (χ1n) is 7.30. The maximum atomic E-state index is 6.21. The summed E-state index contributed by atoms with van der Waals surface area (Å²) in [6, 6.07) is 2.32. The first-order valence-corrected chi connectivity index (χ1v) is 7.30. The zero-order valence-electron chi connectivity index (χ0n) is 12.4. The Morgan fingerprint density at radius 2 is 1.44 bits per heavy atom. The zero-order chi connectivity index (χ0) is 13.3. The Morgan fingerprint density at radius 3 is 1.89 bits per heavy atom. The van der Waals surface area contributed by atoms with Crippen LogP contribution in [0, 0.1) is 27.7 Å². The molecule has 0 amide bonds. The van der Waals surface area contributed by atoms with E-state index in [0.717, 1.165) is 6.54 Å². The van der Waals surface area contributed by atoms with Crippen LogP contribution >= 0.6 is 0 Å². The predicted molar refractivity (Wildman–Crippen MR) is 79.2 cm³/mol. The van der Waals surface area contributed by atoms with E-state index >= 15 is 0 Å². The van der Waals surface area contributed by atoms with Gasteiger partial charge in [0, 0.05) is 12.0 Å². The van der Waals surface area contributed by atoms with Gasteiger partial charge >= 0.3 is 0 Å². The molecule has 1 heteroatoms. The number of nitrogens with two attached hydrogens (primary N) is 1. The molecular weight excluding hydrogens is 218 g/mol. The molecule has 1 nitrogen and oxygen atoms in total. The molecule has 18 heavy (non-hydrogen) atoms. The summed E-state index contributed by atoms with van der Waals surface area (Å²) in [6.45, 7) is 9.83. The van der Waals surface area contributed by atoms with Gasteiger partial charge < -0.3 is 5.73 Å². The lowest BCUT2D eigenvalue weighted by atomic mass is 9.66. The van der Waals surface area contributed by atoms with Gasteiger partial charge in [-0.15, -0.1) is 0 Å². The second-order valence-electron chi connectivity index (χ2n) is 6.18. The Morgan fingerprint density at radius 1 is 0.944 bits per heavy atom. The molecule has 0 bridgehead atoms. The number of rotatable bonds is 2. The normalized spacial score (nSPS) is 18.9. The molecule has 0 aromatic heterocycles. The summed E-state index contributed by atoms with van der Waals surface area (Å²) in [5, 5.41) is 0. The number of hydrogen-bond acceptors (Lipinski definition) is 1. The van der Waals surface area contributed by atoms with Crippen LogP contribution in [-0.2, 0) is 5.41 Å². The lowest BCUT2D eigenvalue weighted by Crippen LogP contribution is -2.38. The summed E-state index contributed by atoms with van der Waals surface area (Å²) in [5.41, 5.74) is 13.8. The van der Waals surface area contributed by atoms with E-state index in [4.69, 9.17) is 5.73 Å². The largest absolute Gasteiger partial charge is 0.330 e. The van der Waals surface area contributed by atoms with Gasteiger partial charge in [-0.1, -0.05) is 25.3 Å². The first-order chi connectivity index (χ1) is 8.52. The van der Waals surface area contributed by atoms with Crippen molar-refractivity contribution < 1.29 is 0 Å². The van der Waals surface area contributed by atoms with E-state index in [0.29, 0.717) is 0 Å². The third kappa shape index (κ3) is 2.09. The second kappa shape index (κ2) is 5.05. The van der Waals surface area contributed by atoms with Crippen LogP contribution < -0.4 is 5.73 Å². The molecule has 1 saturated carbocycles. The molecular formula is C17H27N. The van der Waals surface area contributed by atoms with E-state index in [-0.39, 0.29) is 5.41 Å². The summed E-state index contributed by atoms with van der Waals surface area (Å²) in [4.78, 5) is 0. The third-order valence-electron chi connectivity index (χ3n) is 5.10. The Kier molecular flexibility index (Phi) is 3.82. The van der Waals surface area contributed by atoms with Gasteiger partial charge in [0.1, 0.15) is 0 Å². The van der Waals surface area contributed by atoms with Gasteiger partial charge in [0.15, 0.2) is 0 Å². The van der Waals surface area contributed by atoms with E-state index < -0.39 is 0 Å². The van der Waals surface area contributed by atoms with Crippen molar-refractivity contribution in [1.82, 2.24) is 0 Å². The maximum absolute atomic E-state index is 6.21. The van der Waals surface area contributed by atoms with Gasteiger partial charge in [-0.05, 0) is 68.4 Å². The van der Waals surface area contributed by atoms with Crippen LogP contribution in [0.1, 0.15) is 59.9 Å². The molecule has 0 atom stereocenters. The van der Waals surface area contributed by atoms with Crippen LogP contribution in [-0.4, -0.2) is 6.54 Å². The summed E-state index contributed by atoms with van der Waals surface area (Å²) in [7, 11) is 0. The topological polar surface area (TPSA) is 26.0 Å². The van der Waals surface area contributed by atoms with E-state index in [1.54, 1.807) is 5.56 Å². The van der Waals surface area contributed by atoms with Gasteiger partial charge in [0.2, 0.25) is 0 Å². The van der Waals surface area contributed by atoms with Crippen molar-refractivity contribution in [3.8, 4) is 0 Å². The summed E-state index contributed by atoms with van der Waals surface area (Å²) >= 11 is 0. The van der Waals surface area contributed by atoms with Crippen molar-refractivity contribution in [3.05, 3.63) is 33.9 Å². The highest BCUT2D eigenvalue weighted by Gasteiger charge is 2.35. The van der Waals surface area contributed by atoms with Crippen LogP contribution in [0.5, 0.6) is 0 Å². The minimum Gasteiger partial charge on any atom is -0.330 e. The lowest BCUT2D eigenvalue weighted by Gasteiger charge is -2.40. The SMILES string of the molecule is Cc1cc(C)c(C)c(C2(CN)CCCCC2)c1C. The molecule has 1 fully saturated rings. The summed E-state index contributed by atoms with van der Waals surface area (Å²) in [5.74, 6) is 0. The highest BCUT2D eigenvalue weighted by atomic mass is 14.6. The number of hydrogen-bond donors (Lipinski definition) is 1. The van der Waals surface area contributed by atoms with E-state index in [1.165, 1.54) is 54.4 Å².